The number of nitrogens with zero attached hydrogens (tertiary/aromatic N) is 1. The fourth-order valence-corrected chi connectivity index (χ4v) is 12.6. The maximum atomic E-state index is 15.0. The van der Waals surface area contributed by atoms with Gasteiger partial charge in [-0.1, -0.05) is 32.8 Å². The number of Topliss-reactive ketones (excluding diaryl/α,β-unsaturated/α-hetero) is 1. The van der Waals surface area contributed by atoms with Gasteiger partial charge in [-0.25, -0.2) is 0 Å². The second-order valence-corrected chi connectivity index (χ2v) is 19.3. The third-order valence-electron chi connectivity index (χ3n) is 15.7. The van der Waals surface area contributed by atoms with Crippen molar-refractivity contribution in [3.63, 3.8) is 0 Å². The van der Waals surface area contributed by atoms with E-state index in [0.29, 0.717) is 36.9 Å². The van der Waals surface area contributed by atoms with Crippen molar-refractivity contribution in [3.05, 3.63) is 11.6 Å². The SMILES string of the molecule is CC[C@H]1CCC[C@H](O[C@H]2CC[C@H](N(C)C)C(C)O2)[C@@H](C)C(=O)C2=C[C@H]3[C@@H]4C[C@H](O[C@@H]5OC(C)[C@H](OC)C(OC)C5OC)C[C@H]4[C@H](NC4CCCC4)[C@@H](O)[C@H]3[C@@H]2CC(=O)O1. The molecule has 3 aliphatic heterocycles. The lowest BCUT2D eigenvalue weighted by molar-refractivity contribution is -0.314. The number of likely N-dealkylation sites (N-methyl/N-ethyl adjacent to an activating group) is 1. The molecule has 7 rings (SSSR count). The van der Waals surface area contributed by atoms with Crippen molar-refractivity contribution in [1.82, 2.24) is 10.2 Å². The van der Waals surface area contributed by atoms with Gasteiger partial charge in [-0.15, -0.1) is 0 Å². The number of hydrogen-bond donors (Lipinski definition) is 2. The highest BCUT2D eigenvalue weighted by molar-refractivity contribution is 5.99. The molecule has 0 aromatic carbocycles. The molecule has 19 atom stereocenters. The average Bonchev–Trinajstić information content (AvgIpc) is 3.97. The molecule has 3 saturated heterocycles. The summed E-state index contributed by atoms with van der Waals surface area (Å²) in [5.41, 5.74) is 0.651. The lowest BCUT2D eigenvalue weighted by Gasteiger charge is -2.48. The zero-order valence-corrected chi connectivity index (χ0v) is 37.3. The second-order valence-electron chi connectivity index (χ2n) is 19.3. The van der Waals surface area contributed by atoms with Crippen LogP contribution in [0.15, 0.2) is 11.6 Å². The van der Waals surface area contributed by atoms with Crippen molar-refractivity contribution >= 4 is 11.8 Å². The van der Waals surface area contributed by atoms with Gasteiger partial charge in [-0.2, -0.15) is 0 Å². The van der Waals surface area contributed by atoms with Crippen LogP contribution in [-0.2, 0) is 47.5 Å². The van der Waals surface area contributed by atoms with Crippen molar-refractivity contribution < 1.29 is 52.6 Å². The first-order chi connectivity index (χ1) is 28.4. The molecule has 3 saturated carbocycles. The van der Waals surface area contributed by atoms with Crippen molar-refractivity contribution in [1.29, 1.82) is 0 Å². The summed E-state index contributed by atoms with van der Waals surface area (Å²) in [5, 5.41) is 16.6. The third kappa shape index (κ3) is 9.55. The molecule has 13 nitrogen and oxygen atoms in total. The minimum atomic E-state index is -0.767. The van der Waals surface area contributed by atoms with Crippen LogP contribution < -0.4 is 5.32 Å². The van der Waals surface area contributed by atoms with Crippen molar-refractivity contribution in [2.75, 3.05) is 35.4 Å². The predicted octanol–water partition coefficient (Wildman–Crippen LogP) is 5.19. The first kappa shape index (κ1) is 45.5. The monoisotopic (exact) mass is 833 g/mol. The summed E-state index contributed by atoms with van der Waals surface area (Å²) >= 11 is 0. The summed E-state index contributed by atoms with van der Waals surface area (Å²) in [6, 6.07) is 0.421. The van der Waals surface area contributed by atoms with Crippen LogP contribution >= 0.6 is 0 Å². The van der Waals surface area contributed by atoms with Gasteiger partial charge in [0, 0.05) is 57.2 Å². The number of aliphatic hydroxyl groups excluding tert-OH is 1. The number of allylic oxidation sites excluding steroid dienone is 2. The molecule has 59 heavy (non-hydrogen) atoms. The highest BCUT2D eigenvalue weighted by atomic mass is 16.7. The molecular formula is C46H76N2O11. The Morgan fingerprint density at radius 2 is 1.54 bits per heavy atom. The number of nitrogens with one attached hydrogen (secondary N) is 1. The van der Waals surface area contributed by atoms with Gasteiger partial charge in [-0.05, 0) is 115 Å². The zero-order chi connectivity index (χ0) is 42.1. The van der Waals surface area contributed by atoms with E-state index in [1.807, 2.05) is 13.8 Å². The molecule has 0 amide bonds. The lowest BCUT2D eigenvalue weighted by atomic mass is 9.62. The molecule has 0 spiro atoms. The molecule has 0 aromatic heterocycles. The van der Waals surface area contributed by atoms with Crippen molar-refractivity contribution in [3.8, 4) is 0 Å². The van der Waals surface area contributed by atoms with E-state index in [9.17, 15) is 9.90 Å². The highest BCUT2D eigenvalue weighted by Gasteiger charge is 2.60. The summed E-state index contributed by atoms with van der Waals surface area (Å²) in [5.74, 6) is -1.43. The third-order valence-corrected chi connectivity index (χ3v) is 15.7. The van der Waals surface area contributed by atoms with E-state index in [0.717, 1.165) is 44.9 Å². The number of ether oxygens (including phenoxy) is 8. The van der Waals surface area contributed by atoms with Gasteiger partial charge >= 0.3 is 5.97 Å². The van der Waals surface area contributed by atoms with Gasteiger partial charge in [0.15, 0.2) is 18.4 Å². The molecule has 2 N–H and O–H groups in total. The van der Waals surface area contributed by atoms with E-state index in [-0.39, 0.29) is 96.9 Å². The summed E-state index contributed by atoms with van der Waals surface area (Å²) in [7, 11) is 9.13. The number of carbonyl (C=O) groups excluding carboxylic acids is 2. The maximum absolute atomic E-state index is 15.0. The van der Waals surface area contributed by atoms with Crippen LogP contribution in [-0.4, -0.2) is 143 Å². The van der Waals surface area contributed by atoms with Crippen molar-refractivity contribution in [2.24, 2.45) is 35.5 Å². The first-order valence-corrected chi connectivity index (χ1v) is 23.1. The molecular weight excluding hydrogens is 757 g/mol. The normalized spacial score (nSPS) is 46.2. The van der Waals surface area contributed by atoms with Gasteiger partial charge in [0.2, 0.25) is 0 Å². The summed E-state index contributed by atoms with van der Waals surface area (Å²) in [4.78, 5) is 31.1. The fourth-order valence-electron chi connectivity index (χ4n) is 12.6. The Labute approximate surface area is 353 Å². The lowest BCUT2D eigenvalue weighted by Crippen LogP contribution is -2.60. The number of methoxy groups -OCH3 is 3. The van der Waals surface area contributed by atoms with Gasteiger partial charge in [0.1, 0.15) is 24.4 Å². The second kappa shape index (κ2) is 19.9. The Bertz CT molecular complexity index is 1440. The number of hydrogen-bond acceptors (Lipinski definition) is 13. The van der Waals surface area contributed by atoms with Crippen molar-refractivity contribution in [2.45, 2.75) is 197 Å². The van der Waals surface area contributed by atoms with E-state index in [4.69, 9.17) is 37.9 Å². The topological polar surface area (TPSA) is 143 Å². The summed E-state index contributed by atoms with van der Waals surface area (Å²) < 4.78 is 50.3. The molecule has 3 heterocycles. The smallest absolute Gasteiger partial charge is 0.306 e. The Hall–Kier alpha value is -1.52. The minimum Gasteiger partial charge on any atom is -0.462 e. The number of cyclic esters (lactones) is 1. The minimum absolute atomic E-state index is 0.00512. The van der Waals surface area contributed by atoms with Crippen LogP contribution in [0.4, 0.5) is 0 Å². The van der Waals surface area contributed by atoms with E-state index in [2.05, 4.69) is 44.2 Å². The molecule has 0 bridgehead atoms. The van der Waals surface area contributed by atoms with Gasteiger partial charge < -0.3 is 53.2 Å². The van der Waals surface area contributed by atoms with E-state index in [1.54, 1.807) is 21.3 Å². The van der Waals surface area contributed by atoms with Gasteiger partial charge in [0.05, 0.1) is 36.9 Å². The van der Waals surface area contributed by atoms with Crippen LogP contribution in [0.1, 0.15) is 111 Å². The fraction of sp³-hybridized carbons (Fsp3) is 0.913. The molecule has 0 aromatic rings. The number of carbonyl (C=O) groups is 2. The Morgan fingerprint density at radius 1 is 0.831 bits per heavy atom. The Morgan fingerprint density at radius 3 is 2.20 bits per heavy atom. The van der Waals surface area contributed by atoms with Gasteiger partial charge in [-0.3, -0.25) is 9.59 Å². The number of ketones is 1. The molecule has 7 aliphatic rings. The number of fused-ring (bicyclic) bond motifs is 5. The predicted molar refractivity (Wildman–Crippen MR) is 220 cm³/mol. The molecule has 13 heteroatoms. The van der Waals surface area contributed by atoms with Crippen LogP contribution in [0.2, 0.25) is 0 Å². The summed E-state index contributed by atoms with van der Waals surface area (Å²) in [6.45, 7) is 8.12. The van der Waals surface area contributed by atoms with E-state index in [1.165, 1.54) is 12.8 Å². The van der Waals surface area contributed by atoms with E-state index >= 15 is 4.79 Å². The molecule has 6 fully saturated rings. The zero-order valence-electron chi connectivity index (χ0n) is 37.3. The van der Waals surface area contributed by atoms with Gasteiger partial charge in [0.25, 0.3) is 0 Å². The maximum Gasteiger partial charge on any atom is 0.306 e. The average molecular weight is 833 g/mol. The van der Waals surface area contributed by atoms with Crippen LogP contribution in [0, 0.1) is 35.5 Å². The van der Waals surface area contributed by atoms with Crippen LogP contribution in [0.5, 0.6) is 0 Å². The number of esters is 1. The standard InChI is InChI=1S/C46H76N2O11/c1-10-28-16-13-17-36(59-38-19-18-35(48(5)6)25(3)55-38)24(2)41(50)34-22-31-30-20-29(58-46-45(54-9)44(53-8)43(52-7)26(4)56-46)21-33(30)40(47-27-14-11-12-15-27)42(51)39(31)32(34)23-37(49)57-28/h22,24-33,35-36,38-40,42-47,51H,10-21,23H2,1-9H3/t24-,25?,26?,28+,29+,30+,31+,32-,33-,35+,36+,38+,39-,40+,42+,43+,44?,45?,46+/m1/s1. The Kier molecular flexibility index (Phi) is 15.3. The van der Waals surface area contributed by atoms with Crippen LogP contribution in [0.25, 0.3) is 0 Å². The van der Waals surface area contributed by atoms with E-state index < -0.39 is 30.3 Å². The molecule has 336 valence electrons. The molecule has 4 unspecified atom stereocenters. The number of aliphatic hydroxyl groups is 1. The molecule has 4 aliphatic carbocycles. The summed E-state index contributed by atoms with van der Waals surface area (Å²) in [6.07, 6.45) is 8.72. The highest BCUT2D eigenvalue weighted by Crippen LogP contribution is 2.57. The first-order valence-electron chi connectivity index (χ1n) is 23.1. The quantitative estimate of drug-likeness (QED) is 0.264. The van der Waals surface area contributed by atoms with Crippen LogP contribution in [0.3, 0.4) is 0 Å². The Balaban J connectivity index is 1.18. The largest absolute Gasteiger partial charge is 0.462 e. The molecule has 0 radical (unpaired) electrons. The number of rotatable bonds is 11.